The van der Waals surface area contributed by atoms with Crippen molar-refractivity contribution in [3.63, 3.8) is 0 Å². The van der Waals surface area contributed by atoms with Gasteiger partial charge in [-0.25, -0.2) is 4.39 Å². The van der Waals surface area contributed by atoms with Gasteiger partial charge in [-0.15, -0.1) is 0 Å². The summed E-state index contributed by atoms with van der Waals surface area (Å²) in [7, 11) is 0. The Bertz CT molecular complexity index is 673. The molecule has 0 atom stereocenters. The van der Waals surface area contributed by atoms with Crippen LogP contribution in [-0.4, -0.2) is 10.2 Å². The number of benzene rings is 1. The van der Waals surface area contributed by atoms with Crippen molar-refractivity contribution >= 4 is 0 Å². The minimum absolute atomic E-state index is 0.0950. The average Bonchev–Trinajstić information content (AvgIpc) is 2.36. The second-order valence-corrected chi connectivity index (χ2v) is 6.21. The van der Waals surface area contributed by atoms with E-state index in [1.54, 1.807) is 12.3 Å². The summed E-state index contributed by atoms with van der Waals surface area (Å²) in [6.45, 7) is 5.99. The molecule has 0 bridgehead atoms. The first-order valence-electron chi connectivity index (χ1n) is 6.74. The zero-order valence-corrected chi connectivity index (χ0v) is 12.5. The lowest BCUT2D eigenvalue weighted by atomic mass is 9.88. The fourth-order valence-corrected chi connectivity index (χ4v) is 2.03. The molecule has 1 aromatic carbocycles. The molecular formula is C16H16F4N2. The van der Waals surface area contributed by atoms with Crippen molar-refractivity contribution < 1.29 is 17.6 Å². The Hall–Kier alpha value is -1.98. The summed E-state index contributed by atoms with van der Waals surface area (Å²) >= 11 is 0. The number of aromatic nitrogens is 2. The van der Waals surface area contributed by atoms with Crippen molar-refractivity contribution in [1.82, 2.24) is 10.2 Å². The molecule has 0 spiro atoms. The molecule has 0 N–H and O–H groups in total. The Morgan fingerprint density at radius 3 is 2.23 bits per heavy atom. The largest absolute Gasteiger partial charge is 0.416 e. The summed E-state index contributed by atoms with van der Waals surface area (Å²) in [4.78, 5) is 0. The highest BCUT2D eigenvalue weighted by atomic mass is 19.4. The third kappa shape index (κ3) is 4.02. The second-order valence-electron chi connectivity index (χ2n) is 6.21. The average molecular weight is 312 g/mol. The van der Waals surface area contributed by atoms with E-state index >= 15 is 0 Å². The van der Waals surface area contributed by atoms with Crippen LogP contribution >= 0.6 is 0 Å². The fourth-order valence-electron chi connectivity index (χ4n) is 2.03. The molecule has 0 saturated heterocycles. The number of alkyl halides is 3. The first-order chi connectivity index (χ1) is 10.1. The topological polar surface area (TPSA) is 25.8 Å². The van der Waals surface area contributed by atoms with Crippen molar-refractivity contribution in [3.8, 4) is 0 Å². The first-order valence-corrected chi connectivity index (χ1v) is 6.74. The van der Waals surface area contributed by atoms with Crippen LogP contribution in [0.25, 0.3) is 0 Å². The first kappa shape index (κ1) is 16.4. The molecule has 2 aromatic rings. The fraction of sp³-hybridized carbons (Fsp3) is 0.375. The highest BCUT2D eigenvalue weighted by Crippen LogP contribution is 2.31. The van der Waals surface area contributed by atoms with E-state index in [1.807, 2.05) is 20.8 Å². The highest BCUT2D eigenvalue weighted by Gasteiger charge is 2.31. The van der Waals surface area contributed by atoms with Crippen molar-refractivity contribution in [2.75, 3.05) is 0 Å². The Kier molecular flexibility index (Phi) is 4.22. The van der Waals surface area contributed by atoms with Crippen molar-refractivity contribution in [2.45, 2.75) is 38.8 Å². The van der Waals surface area contributed by atoms with Crippen LogP contribution in [0.3, 0.4) is 0 Å². The molecule has 0 aliphatic heterocycles. The van der Waals surface area contributed by atoms with Gasteiger partial charge in [0.05, 0.1) is 17.5 Å². The van der Waals surface area contributed by atoms with E-state index in [0.717, 1.165) is 17.7 Å². The minimum Gasteiger partial charge on any atom is -0.207 e. The maximum absolute atomic E-state index is 13.4. The van der Waals surface area contributed by atoms with Gasteiger partial charge in [-0.1, -0.05) is 20.8 Å². The summed E-state index contributed by atoms with van der Waals surface area (Å²) in [5.41, 5.74) is 0.496. The number of hydrogen-bond donors (Lipinski definition) is 0. The van der Waals surface area contributed by atoms with E-state index in [9.17, 15) is 17.6 Å². The molecule has 0 aliphatic rings. The molecular weight excluding hydrogens is 296 g/mol. The molecule has 118 valence electrons. The molecule has 1 aromatic heterocycles. The molecule has 0 amide bonds. The molecule has 0 fully saturated rings. The standard InChI is InChI=1S/C16H16F4N2/c1-15(2,3)12-8-14(22-21-9-12)6-10-4-11(16(18,19)20)7-13(17)5-10/h4-5,7-9H,6H2,1-3H3. The number of rotatable bonds is 2. The maximum atomic E-state index is 13.4. The van der Waals surface area contributed by atoms with Crippen LogP contribution in [0.4, 0.5) is 17.6 Å². The number of nitrogens with zero attached hydrogens (tertiary/aromatic N) is 2. The van der Waals surface area contributed by atoms with Crippen molar-refractivity contribution in [3.05, 3.63) is 58.7 Å². The van der Waals surface area contributed by atoms with Gasteiger partial charge in [0.1, 0.15) is 5.82 Å². The van der Waals surface area contributed by atoms with Gasteiger partial charge < -0.3 is 0 Å². The lowest BCUT2D eigenvalue weighted by molar-refractivity contribution is -0.137. The van der Waals surface area contributed by atoms with E-state index in [0.29, 0.717) is 11.8 Å². The van der Waals surface area contributed by atoms with E-state index in [4.69, 9.17) is 0 Å². The molecule has 6 heteroatoms. The highest BCUT2D eigenvalue weighted by molar-refractivity contribution is 5.31. The van der Waals surface area contributed by atoms with Crippen LogP contribution < -0.4 is 0 Å². The molecule has 0 aliphatic carbocycles. The van der Waals surface area contributed by atoms with E-state index in [2.05, 4.69) is 10.2 Å². The summed E-state index contributed by atoms with van der Waals surface area (Å²) in [6, 6.07) is 4.29. The lowest BCUT2D eigenvalue weighted by Crippen LogP contribution is -2.13. The van der Waals surface area contributed by atoms with Gasteiger partial charge in [0.2, 0.25) is 0 Å². The van der Waals surface area contributed by atoms with Crippen molar-refractivity contribution in [1.29, 1.82) is 0 Å². The molecule has 0 unspecified atom stereocenters. The van der Waals surface area contributed by atoms with Crippen molar-refractivity contribution in [2.24, 2.45) is 0 Å². The van der Waals surface area contributed by atoms with E-state index < -0.39 is 17.6 Å². The summed E-state index contributed by atoms with van der Waals surface area (Å²) < 4.78 is 51.5. The molecule has 0 radical (unpaired) electrons. The molecule has 0 saturated carbocycles. The zero-order chi connectivity index (χ0) is 16.5. The van der Waals surface area contributed by atoms with Crippen LogP contribution in [0, 0.1) is 5.82 Å². The van der Waals surface area contributed by atoms with Gasteiger partial charge in [-0.3, -0.25) is 0 Å². The Labute approximate surface area is 126 Å². The van der Waals surface area contributed by atoms with Crippen LogP contribution in [0.5, 0.6) is 0 Å². The molecule has 2 rings (SSSR count). The predicted octanol–water partition coefficient (Wildman–Crippen LogP) is 4.52. The van der Waals surface area contributed by atoms with Crippen LogP contribution in [0.1, 0.15) is 43.2 Å². The second kappa shape index (κ2) is 5.66. The minimum atomic E-state index is -4.57. The summed E-state index contributed by atoms with van der Waals surface area (Å²) in [5.74, 6) is -0.912. The SMILES string of the molecule is CC(C)(C)c1cnnc(Cc2cc(F)cc(C(F)(F)F)c2)c1. The van der Waals surface area contributed by atoms with Gasteiger partial charge >= 0.3 is 6.18 Å². The monoisotopic (exact) mass is 312 g/mol. The third-order valence-electron chi connectivity index (χ3n) is 3.24. The van der Waals surface area contributed by atoms with Gasteiger partial charge in [-0.2, -0.15) is 23.4 Å². The summed E-state index contributed by atoms with van der Waals surface area (Å²) in [5, 5.41) is 7.79. The Morgan fingerprint density at radius 2 is 1.64 bits per heavy atom. The lowest BCUT2D eigenvalue weighted by Gasteiger charge is -2.18. The van der Waals surface area contributed by atoms with Crippen LogP contribution in [-0.2, 0) is 18.0 Å². The zero-order valence-electron chi connectivity index (χ0n) is 12.5. The van der Waals surface area contributed by atoms with Crippen LogP contribution in [0.15, 0.2) is 30.5 Å². The van der Waals surface area contributed by atoms with Gasteiger partial charge in [0.15, 0.2) is 0 Å². The Balaban J connectivity index is 2.34. The van der Waals surface area contributed by atoms with Gasteiger partial charge in [0.25, 0.3) is 0 Å². The molecule has 22 heavy (non-hydrogen) atoms. The third-order valence-corrected chi connectivity index (χ3v) is 3.24. The maximum Gasteiger partial charge on any atom is 0.416 e. The number of hydrogen-bond acceptors (Lipinski definition) is 2. The normalized spacial score (nSPS) is 12.5. The quantitative estimate of drug-likeness (QED) is 0.762. The molecule has 2 nitrogen and oxygen atoms in total. The van der Waals surface area contributed by atoms with E-state index in [-0.39, 0.29) is 17.4 Å². The Morgan fingerprint density at radius 1 is 0.955 bits per heavy atom. The smallest absolute Gasteiger partial charge is 0.207 e. The number of halogens is 4. The van der Waals surface area contributed by atoms with Gasteiger partial charge in [-0.05, 0) is 40.8 Å². The summed E-state index contributed by atoms with van der Waals surface area (Å²) in [6.07, 6.45) is -2.86. The van der Waals surface area contributed by atoms with E-state index in [1.165, 1.54) is 0 Å². The van der Waals surface area contributed by atoms with Crippen LogP contribution in [0.2, 0.25) is 0 Å². The van der Waals surface area contributed by atoms with Gasteiger partial charge in [0, 0.05) is 6.42 Å². The predicted molar refractivity (Wildman–Crippen MR) is 74.9 cm³/mol. The molecule has 1 heterocycles.